The highest BCUT2D eigenvalue weighted by Gasteiger charge is 2.10. The molecule has 0 aliphatic carbocycles. The van der Waals surface area contributed by atoms with Crippen molar-refractivity contribution in [1.82, 2.24) is 5.32 Å². The average Bonchev–Trinajstić information content (AvgIpc) is 2.45. The Bertz CT molecular complexity index is 443. The number of hydrogen-bond donors (Lipinski definition) is 2. The predicted octanol–water partition coefficient (Wildman–Crippen LogP) is 1.26. The monoisotopic (exact) mass is 278 g/mol. The van der Waals surface area contributed by atoms with Gasteiger partial charge in [0.25, 0.3) is 0 Å². The highest BCUT2D eigenvalue weighted by Crippen LogP contribution is 2.11. The third-order valence-electron chi connectivity index (χ3n) is 3.19. The van der Waals surface area contributed by atoms with Crippen molar-refractivity contribution in [2.24, 2.45) is 11.7 Å². The summed E-state index contributed by atoms with van der Waals surface area (Å²) in [6.07, 6.45) is 1.58. The Kier molecular flexibility index (Phi) is 6.56. The summed E-state index contributed by atoms with van der Waals surface area (Å²) in [6, 6.07) is 7.73. The zero-order chi connectivity index (χ0) is 15.0. The minimum atomic E-state index is -0.365. The average molecular weight is 278 g/mol. The van der Waals surface area contributed by atoms with Gasteiger partial charge in [0.1, 0.15) is 5.75 Å². The molecule has 0 saturated carbocycles. The van der Waals surface area contributed by atoms with E-state index in [0.29, 0.717) is 19.4 Å². The van der Waals surface area contributed by atoms with Gasteiger partial charge in [-0.05, 0) is 30.5 Å². The number of carbonyl (C=O) groups excluding carboxylic acids is 2. The first kappa shape index (κ1) is 16.0. The van der Waals surface area contributed by atoms with Crippen LogP contribution in [0.4, 0.5) is 0 Å². The summed E-state index contributed by atoms with van der Waals surface area (Å²) in [5, 5.41) is 2.83. The number of primary amides is 1. The molecule has 3 N–H and O–H groups in total. The molecular formula is C15H22N2O3. The van der Waals surface area contributed by atoms with Gasteiger partial charge >= 0.3 is 0 Å². The summed E-state index contributed by atoms with van der Waals surface area (Å²) >= 11 is 0. The van der Waals surface area contributed by atoms with Crippen LogP contribution >= 0.6 is 0 Å². The summed E-state index contributed by atoms with van der Waals surface area (Å²) in [6.45, 7) is 2.31. The minimum absolute atomic E-state index is 0.0494. The number of nitrogens with one attached hydrogen (secondary N) is 1. The topological polar surface area (TPSA) is 81.4 Å². The Morgan fingerprint density at radius 2 is 1.95 bits per heavy atom. The first-order valence-corrected chi connectivity index (χ1v) is 6.72. The van der Waals surface area contributed by atoms with Gasteiger partial charge < -0.3 is 15.8 Å². The van der Waals surface area contributed by atoms with Crippen LogP contribution in [0.2, 0.25) is 0 Å². The molecule has 1 aromatic rings. The minimum Gasteiger partial charge on any atom is -0.497 e. The summed E-state index contributed by atoms with van der Waals surface area (Å²) in [4.78, 5) is 22.4. The van der Waals surface area contributed by atoms with E-state index >= 15 is 0 Å². The number of rotatable bonds is 8. The molecule has 110 valence electrons. The molecule has 20 heavy (non-hydrogen) atoms. The molecule has 0 aliphatic rings. The zero-order valence-electron chi connectivity index (χ0n) is 12.0. The molecule has 1 atom stereocenters. The molecule has 1 rings (SSSR count). The third kappa shape index (κ3) is 5.73. The fourth-order valence-corrected chi connectivity index (χ4v) is 1.72. The van der Waals surface area contributed by atoms with Crippen LogP contribution in [0.3, 0.4) is 0 Å². The Morgan fingerprint density at radius 1 is 1.30 bits per heavy atom. The summed E-state index contributed by atoms with van der Waals surface area (Å²) in [5.74, 6) is 0.142. The standard InChI is InChI=1S/C15H22N2O3/c1-11(15(16)19)3-8-14(18)17-10-9-12-4-6-13(20-2)7-5-12/h4-7,11H,3,8-10H2,1-2H3,(H2,16,19)(H,17,18)/t11-/m0/s1. The molecule has 2 amide bonds. The van der Waals surface area contributed by atoms with E-state index < -0.39 is 0 Å². The van der Waals surface area contributed by atoms with E-state index in [2.05, 4.69) is 5.32 Å². The summed E-state index contributed by atoms with van der Waals surface area (Å²) in [7, 11) is 1.63. The highest BCUT2D eigenvalue weighted by atomic mass is 16.5. The quantitative estimate of drug-likeness (QED) is 0.751. The van der Waals surface area contributed by atoms with Gasteiger partial charge in [-0.3, -0.25) is 9.59 Å². The molecule has 0 saturated heterocycles. The molecule has 0 spiro atoms. The van der Waals surface area contributed by atoms with E-state index in [4.69, 9.17) is 10.5 Å². The number of benzene rings is 1. The van der Waals surface area contributed by atoms with Crippen molar-refractivity contribution in [3.63, 3.8) is 0 Å². The smallest absolute Gasteiger partial charge is 0.220 e. The number of carbonyl (C=O) groups is 2. The second-order valence-electron chi connectivity index (χ2n) is 4.79. The molecule has 0 aliphatic heterocycles. The van der Waals surface area contributed by atoms with E-state index in [-0.39, 0.29) is 17.7 Å². The van der Waals surface area contributed by atoms with Crippen LogP contribution in [-0.2, 0) is 16.0 Å². The normalized spacial score (nSPS) is 11.7. The number of hydrogen-bond acceptors (Lipinski definition) is 3. The SMILES string of the molecule is COc1ccc(CCNC(=O)CC[C@H](C)C(N)=O)cc1. The van der Waals surface area contributed by atoms with E-state index in [1.165, 1.54) is 0 Å². The van der Waals surface area contributed by atoms with Gasteiger partial charge in [0.2, 0.25) is 11.8 Å². The van der Waals surface area contributed by atoms with Gasteiger partial charge in [-0.2, -0.15) is 0 Å². The Balaban J connectivity index is 2.22. The van der Waals surface area contributed by atoms with E-state index in [9.17, 15) is 9.59 Å². The van der Waals surface area contributed by atoms with Gasteiger partial charge in [-0.15, -0.1) is 0 Å². The van der Waals surface area contributed by atoms with Crippen LogP contribution in [0.1, 0.15) is 25.3 Å². The van der Waals surface area contributed by atoms with Gasteiger partial charge in [-0.1, -0.05) is 19.1 Å². The van der Waals surface area contributed by atoms with Crippen LogP contribution in [0, 0.1) is 5.92 Å². The molecule has 5 nitrogen and oxygen atoms in total. The van der Waals surface area contributed by atoms with Crippen LogP contribution in [0.15, 0.2) is 24.3 Å². The molecule has 1 aromatic carbocycles. The Labute approximate surface area is 119 Å². The Morgan fingerprint density at radius 3 is 2.50 bits per heavy atom. The first-order valence-electron chi connectivity index (χ1n) is 6.72. The zero-order valence-corrected chi connectivity index (χ0v) is 12.0. The first-order chi connectivity index (χ1) is 9.52. The second kappa shape index (κ2) is 8.19. The fourth-order valence-electron chi connectivity index (χ4n) is 1.72. The van der Waals surface area contributed by atoms with Crippen molar-refractivity contribution in [3.05, 3.63) is 29.8 Å². The van der Waals surface area contributed by atoms with E-state index in [1.807, 2.05) is 24.3 Å². The summed E-state index contributed by atoms with van der Waals surface area (Å²) < 4.78 is 5.08. The van der Waals surface area contributed by atoms with Crippen molar-refractivity contribution in [1.29, 1.82) is 0 Å². The van der Waals surface area contributed by atoms with Crippen molar-refractivity contribution >= 4 is 11.8 Å². The molecule has 0 heterocycles. The molecule has 0 radical (unpaired) electrons. The predicted molar refractivity (Wildman–Crippen MR) is 77.3 cm³/mol. The lowest BCUT2D eigenvalue weighted by atomic mass is 10.1. The maximum atomic E-state index is 11.6. The van der Waals surface area contributed by atoms with Crippen LogP contribution in [-0.4, -0.2) is 25.5 Å². The lowest BCUT2D eigenvalue weighted by molar-refractivity contribution is -0.123. The van der Waals surface area contributed by atoms with Crippen molar-refractivity contribution in [2.75, 3.05) is 13.7 Å². The fraction of sp³-hybridized carbons (Fsp3) is 0.467. The van der Waals surface area contributed by atoms with Crippen LogP contribution in [0.25, 0.3) is 0 Å². The van der Waals surface area contributed by atoms with Gasteiger partial charge in [-0.25, -0.2) is 0 Å². The Hall–Kier alpha value is -2.04. The van der Waals surface area contributed by atoms with Gasteiger partial charge in [0.05, 0.1) is 7.11 Å². The molecule has 0 aromatic heterocycles. The van der Waals surface area contributed by atoms with Crippen LogP contribution in [0.5, 0.6) is 5.75 Å². The maximum absolute atomic E-state index is 11.6. The largest absolute Gasteiger partial charge is 0.497 e. The van der Waals surface area contributed by atoms with Gasteiger partial charge in [0.15, 0.2) is 0 Å². The van der Waals surface area contributed by atoms with Crippen LogP contribution < -0.4 is 15.8 Å². The maximum Gasteiger partial charge on any atom is 0.220 e. The second-order valence-corrected chi connectivity index (χ2v) is 4.79. The highest BCUT2D eigenvalue weighted by molar-refractivity contribution is 5.79. The molecule has 0 unspecified atom stereocenters. The van der Waals surface area contributed by atoms with Gasteiger partial charge in [0, 0.05) is 18.9 Å². The van der Waals surface area contributed by atoms with E-state index in [1.54, 1.807) is 14.0 Å². The lowest BCUT2D eigenvalue weighted by Gasteiger charge is -2.08. The number of amides is 2. The number of ether oxygens (including phenoxy) is 1. The molecule has 0 bridgehead atoms. The number of methoxy groups -OCH3 is 1. The van der Waals surface area contributed by atoms with Crippen molar-refractivity contribution in [3.8, 4) is 5.75 Å². The number of nitrogens with two attached hydrogens (primary N) is 1. The lowest BCUT2D eigenvalue weighted by Crippen LogP contribution is -2.27. The summed E-state index contributed by atoms with van der Waals surface area (Å²) in [5.41, 5.74) is 6.28. The van der Waals surface area contributed by atoms with Crippen molar-refractivity contribution < 1.29 is 14.3 Å². The third-order valence-corrected chi connectivity index (χ3v) is 3.19. The molecule has 5 heteroatoms. The van der Waals surface area contributed by atoms with Crippen molar-refractivity contribution in [2.45, 2.75) is 26.2 Å². The molecular weight excluding hydrogens is 256 g/mol. The molecule has 0 fully saturated rings. The van der Waals surface area contributed by atoms with E-state index in [0.717, 1.165) is 17.7 Å².